The van der Waals surface area contributed by atoms with Gasteiger partial charge < -0.3 is 20.1 Å². The van der Waals surface area contributed by atoms with Crippen molar-refractivity contribution >= 4 is 0 Å². The number of hydrogen-bond donors (Lipinski definition) is 4. The second-order valence-electron chi connectivity index (χ2n) is 3.87. The molecule has 1 aromatic rings. The molecule has 0 bridgehead atoms. The Morgan fingerprint density at radius 2 is 2.06 bits per heavy atom. The second-order valence-corrected chi connectivity index (χ2v) is 3.87. The molecule has 1 aliphatic heterocycles. The molecule has 4 atom stereocenters. The van der Waals surface area contributed by atoms with Crippen molar-refractivity contribution in [3.05, 3.63) is 32.9 Å². The normalized spacial score (nSPS) is 31.8. The summed E-state index contributed by atoms with van der Waals surface area (Å²) in [6.45, 7) is -0.574. The van der Waals surface area contributed by atoms with Gasteiger partial charge in [0.2, 0.25) is 5.82 Å². The van der Waals surface area contributed by atoms with Crippen molar-refractivity contribution in [1.29, 1.82) is 0 Å². The number of aliphatic hydroxyl groups excluding tert-OH is 3. The van der Waals surface area contributed by atoms with Crippen LogP contribution in [-0.2, 0) is 4.74 Å². The van der Waals surface area contributed by atoms with Crippen molar-refractivity contribution in [2.75, 3.05) is 6.61 Å². The molecule has 1 aliphatic rings. The Bertz CT molecular complexity index is 555. The molecule has 9 heteroatoms. The van der Waals surface area contributed by atoms with E-state index in [1.54, 1.807) is 4.98 Å². The first-order chi connectivity index (χ1) is 8.45. The monoisotopic (exact) mass is 262 g/mol. The molecule has 8 nitrogen and oxygen atoms in total. The fraction of sp³-hybridized carbons (Fsp3) is 0.556. The molecule has 4 N–H and O–H groups in total. The van der Waals surface area contributed by atoms with Gasteiger partial charge in [-0.15, -0.1) is 0 Å². The predicted octanol–water partition coefficient (Wildman–Crippen LogP) is -2.71. The van der Waals surface area contributed by atoms with E-state index in [0.29, 0.717) is 10.8 Å². The van der Waals surface area contributed by atoms with Gasteiger partial charge in [-0.05, 0) is 0 Å². The zero-order valence-electron chi connectivity index (χ0n) is 8.99. The molecule has 1 aromatic heterocycles. The summed E-state index contributed by atoms with van der Waals surface area (Å²) in [5, 5.41) is 28.0. The molecule has 18 heavy (non-hydrogen) atoms. The number of aliphatic hydroxyl groups is 3. The maximum absolute atomic E-state index is 13.1. The summed E-state index contributed by atoms with van der Waals surface area (Å²) in [6.07, 6.45) is -4.84. The van der Waals surface area contributed by atoms with Gasteiger partial charge in [-0.2, -0.15) is 4.39 Å². The first-order valence-corrected chi connectivity index (χ1v) is 5.09. The molecular weight excluding hydrogens is 251 g/mol. The van der Waals surface area contributed by atoms with Crippen LogP contribution in [0, 0.1) is 5.82 Å². The summed E-state index contributed by atoms with van der Waals surface area (Å²) in [5.41, 5.74) is -2.18. The summed E-state index contributed by atoms with van der Waals surface area (Å²) < 4.78 is 18.7. The number of aromatic amines is 1. The van der Waals surface area contributed by atoms with Gasteiger partial charge in [0.15, 0.2) is 6.23 Å². The third-order valence-electron chi connectivity index (χ3n) is 2.72. The van der Waals surface area contributed by atoms with Gasteiger partial charge in [-0.1, -0.05) is 0 Å². The van der Waals surface area contributed by atoms with Crippen LogP contribution in [0.4, 0.5) is 4.39 Å². The number of ether oxygens (including phenoxy) is 1. The van der Waals surface area contributed by atoms with Crippen LogP contribution >= 0.6 is 0 Å². The Kier molecular flexibility index (Phi) is 3.30. The minimum Gasteiger partial charge on any atom is -0.394 e. The van der Waals surface area contributed by atoms with E-state index >= 15 is 0 Å². The molecule has 0 aliphatic carbocycles. The summed E-state index contributed by atoms with van der Waals surface area (Å²) in [5.74, 6) is -1.23. The SMILES string of the molecule is O=c1[nH]c(=O)n([C@H]2O[C@@H](CO)C(O)[C@H]2O)cc1F. The van der Waals surface area contributed by atoms with Gasteiger partial charge in [0.25, 0.3) is 5.56 Å². The van der Waals surface area contributed by atoms with Crippen molar-refractivity contribution < 1.29 is 24.4 Å². The lowest BCUT2D eigenvalue weighted by Crippen LogP contribution is -2.38. The van der Waals surface area contributed by atoms with Crippen LogP contribution < -0.4 is 11.2 Å². The Morgan fingerprint density at radius 1 is 1.39 bits per heavy atom. The molecule has 100 valence electrons. The lowest BCUT2D eigenvalue weighted by molar-refractivity contribution is -0.0554. The van der Waals surface area contributed by atoms with Gasteiger partial charge in [0, 0.05) is 0 Å². The molecule has 0 radical (unpaired) electrons. The number of hydrogen-bond acceptors (Lipinski definition) is 6. The molecule has 0 amide bonds. The van der Waals surface area contributed by atoms with E-state index in [-0.39, 0.29) is 0 Å². The molecule has 0 aromatic carbocycles. The second kappa shape index (κ2) is 4.61. The minimum absolute atomic E-state index is 0.571. The first-order valence-electron chi connectivity index (χ1n) is 5.09. The number of halogens is 1. The van der Waals surface area contributed by atoms with E-state index in [0.717, 1.165) is 0 Å². The minimum atomic E-state index is -1.52. The lowest BCUT2D eigenvalue weighted by atomic mass is 10.1. The fourth-order valence-corrected chi connectivity index (χ4v) is 1.76. The molecule has 0 saturated carbocycles. The maximum Gasteiger partial charge on any atom is 0.330 e. The molecule has 1 saturated heterocycles. The zero-order chi connectivity index (χ0) is 13.4. The van der Waals surface area contributed by atoms with E-state index < -0.39 is 48.2 Å². The van der Waals surface area contributed by atoms with Crippen molar-refractivity contribution in [3.8, 4) is 0 Å². The Morgan fingerprint density at radius 3 is 2.61 bits per heavy atom. The largest absolute Gasteiger partial charge is 0.394 e. The predicted molar refractivity (Wildman–Crippen MR) is 54.3 cm³/mol. The standard InChI is InChI=1S/C9H11FN2O6/c10-3-1-12(9(17)11-7(3)16)8-6(15)5(14)4(2-13)18-8/h1,4-6,8,13-15H,2H2,(H,11,16,17)/t4-,5?,6+,8-/m0/s1. The summed E-state index contributed by atoms with van der Waals surface area (Å²) in [6, 6.07) is 0. The quantitative estimate of drug-likeness (QED) is 0.459. The molecular formula is C9H11FN2O6. The molecule has 1 fully saturated rings. The number of nitrogens with zero attached hydrogens (tertiary/aromatic N) is 1. The van der Waals surface area contributed by atoms with E-state index in [4.69, 9.17) is 9.84 Å². The van der Waals surface area contributed by atoms with Crippen molar-refractivity contribution in [3.63, 3.8) is 0 Å². The van der Waals surface area contributed by atoms with Crippen molar-refractivity contribution in [1.82, 2.24) is 9.55 Å². The number of aromatic nitrogens is 2. The van der Waals surface area contributed by atoms with Crippen LogP contribution in [0.25, 0.3) is 0 Å². The van der Waals surface area contributed by atoms with Crippen LogP contribution in [-0.4, -0.2) is 49.8 Å². The molecule has 2 rings (SSSR count). The van der Waals surface area contributed by atoms with Gasteiger partial charge in [-0.3, -0.25) is 14.3 Å². The Balaban J connectivity index is 2.42. The molecule has 1 unspecified atom stereocenters. The van der Waals surface area contributed by atoms with Crippen LogP contribution in [0.15, 0.2) is 15.8 Å². The fourth-order valence-electron chi connectivity index (χ4n) is 1.76. The third-order valence-corrected chi connectivity index (χ3v) is 2.72. The van der Waals surface area contributed by atoms with Crippen LogP contribution in [0.5, 0.6) is 0 Å². The number of nitrogens with one attached hydrogen (secondary N) is 1. The summed E-state index contributed by atoms with van der Waals surface area (Å²) in [7, 11) is 0. The average Bonchev–Trinajstić information content (AvgIpc) is 2.61. The third kappa shape index (κ3) is 1.97. The highest BCUT2D eigenvalue weighted by molar-refractivity contribution is 4.94. The molecule has 0 spiro atoms. The topological polar surface area (TPSA) is 125 Å². The number of rotatable bonds is 2. The van der Waals surface area contributed by atoms with Gasteiger partial charge >= 0.3 is 5.69 Å². The lowest BCUT2D eigenvalue weighted by Gasteiger charge is -2.16. The van der Waals surface area contributed by atoms with E-state index in [2.05, 4.69) is 0 Å². The van der Waals surface area contributed by atoms with Gasteiger partial charge in [-0.25, -0.2) is 4.79 Å². The highest BCUT2D eigenvalue weighted by atomic mass is 19.1. The van der Waals surface area contributed by atoms with E-state index in [1.807, 2.05) is 0 Å². The maximum atomic E-state index is 13.1. The average molecular weight is 262 g/mol. The van der Waals surface area contributed by atoms with Crippen molar-refractivity contribution in [2.24, 2.45) is 0 Å². The zero-order valence-corrected chi connectivity index (χ0v) is 8.99. The number of H-pyrrole nitrogens is 1. The van der Waals surface area contributed by atoms with E-state index in [9.17, 15) is 24.2 Å². The molecule has 2 heterocycles. The highest BCUT2D eigenvalue weighted by Gasteiger charge is 2.43. The van der Waals surface area contributed by atoms with Gasteiger partial charge in [0.1, 0.15) is 18.3 Å². The Labute approximate surface area is 98.9 Å². The first kappa shape index (κ1) is 12.9. The Hall–Kier alpha value is -1.55. The van der Waals surface area contributed by atoms with Crippen LogP contribution in [0.3, 0.4) is 0 Å². The summed E-state index contributed by atoms with van der Waals surface area (Å²) >= 11 is 0. The van der Waals surface area contributed by atoms with Crippen molar-refractivity contribution in [2.45, 2.75) is 24.5 Å². The smallest absolute Gasteiger partial charge is 0.330 e. The van der Waals surface area contributed by atoms with Crippen LogP contribution in [0.1, 0.15) is 6.23 Å². The summed E-state index contributed by atoms with van der Waals surface area (Å²) in [4.78, 5) is 24.0. The van der Waals surface area contributed by atoms with E-state index in [1.165, 1.54) is 0 Å². The highest BCUT2D eigenvalue weighted by Crippen LogP contribution is 2.27. The van der Waals surface area contributed by atoms with Gasteiger partial charge in [0.05, 0.1) is 12.8 Å². The van der Waals surface area contributed by atoms with Crippen LogP contribution in [0.2, 0.25) is 0 Å².